The summed E-state index contributed by atoms with van der Waals surface area (Å²) in [4.78, 5) is 16.5. The molecule has 0 saturated heterocycles. The first-order valence-corrected chi connectivity index (χ1v) is 8.44. The fourth-order valence-electron chi connectivity index (χ4n) is 2.48. The lowest BCUT2D eigenvalue weighted by molar-refractivity contribution is 0.198. The third-order valence-corrected chi connectivity index (χ3v) is 3.88. The molecule has 0 aromatic carbocycles. The highest BCUT2D eigenvalue weighted by molar-refractivity contribution is 6.30. The van der Waals surface area contributed by atoms with E-state index in [4.69, 9.17) is 21.7 Å². The third-order valence-electron chi connectivity index (χ3n) is 3.67. The van der Waals surface area contributed by atoms with Crippen molar-refractivity contribution in [3.05, 3.63) is 65.3 Å². The molecule has 3 heterocycles. The first kappa shape index (κ1) is 19.6. The van der Waals surface area contributed by atoms with E-state index in [0.717, 1.165) is 5.56 Å². The van der Waals surface area contributed by atoms with Crippen LogP contribution in [0.25, 0.3) is 11.5 Å². The van der Waals surface area contributed by atoms with Gasteiger partial charge in [0.2, 0.25) is 5.90 Å². The Labute approximate surface area is 164 Å². The minimum Gasteiger partial charge on any atom is -0.419 e. The molecule has 1 N–H and O–H groups in total. The average molecular weight is 405 g/mol. The van der Waals surface area contributed by atoms with Crippen molar-refractivity contribution in [1.29, 1.82) is 5.41 Å². The van der Waals surface area contributed by atoms with E-state index >= 15 is 0 Å². The Balaban J connectivity index is 1.89. The lowest BCUT2D eigenvalue weighted by Crippen LogP contribution is -2.19. The fraction of sp³-hybridized carbons (Fsp3) is 0.167. The summed E-state index contributed by atoms with van der Waals surface area (Å²) in [5.41, 5.74) is 1.77. The highest BCUT2D eigenvalue weighted by atomic mass is 35.5. The van der Waals surface area contributed by atoms with E-state index in [9.17, 15) is 8.78 Å². The molecule has 3 aromatic heterocycles. The van der Waals surface area contributed by atoms with Crippen LogP contribution in [0.3, 0.4) is 0 Å². The van der Waals surface area contributed by atoms with Gasteiger partial charge in [-0.25, -0.2) is 4.98 Å². The number of nitrogens with zero attached hydrogens (tertiary/aromatic N) is 5. The zero-order valence-corrected chi connectivity index (χ0v) is 15.4. The van der Waals surface area contributed by atoms with Crippen LogP contribution in [0.2, 0.25) is 5.02 Å². The summed E-state index contributed by atoms with van der Waals surface area (Å²) in [5.74, 6) is -0.721. The van der Waals surface area contributed by atoms with Gasteiger partial charge in [-0.1, -0.05) is 11.6 Å². The van der Waals surface area contributed by atoms with Gasteiger partial charge in [0.05, 0.1) is 11.6 Å². The lowest BCUT2D eigenvalue weighted by atomic mass is 10.2. The molecule has 144 valence electrons. The zero-order chi connectivity index (χ0) is 20.1. The molecule has 7 nitrogen and oxygen atoms in total. The number of aliphatic imine (C=N–C) groups is 1. The van der Waals surface area contributed by atoms with Crippen molar-refractivity contribution in [2.45, 2.75) is 13.0 Å². The number of imidazole rings is 1. The van der Waals surface area contributed by atoms with E-state index in [1.807, 2.05) is 4.57 Å². The van der Waals surface area contributed by atoms with Crippen molar-refractivity contribution in [2.75, 3.05) is 7.05 Å². The normalized spacial score (nSPS) is 11.7. The second kappa shape index (κ2) is 8.66. The minimum atomic E-state index is -3.02. The Morgan fingerprint density at radius 3 is 2.82 bits per heavy atom. The molecule has 0 aliphatic rings. The van der Waals surface area contributed by atoms with E-state index in [1.165, 1.54) is 13.2 Å². The van der Waals surface area contributed by atoms with Gasteiger partial charge in [-0.2, -0.15) is 8.78 Å². The lowest BCUT2D eigenvalue weighted by Gasteiger charge is -2.11. The van der Waals surface area contributed by atoms with Gasteiger partial charge in [0.1, 0.15) is 5.69 Å². The van der Waals surface area contributed by atoms with Gasteiger partial charge in [0.15, 0.2) is 5.82 Å². The number of aromatic nitrogens is 4. The Hall–Kier alpha value is -3.20. The van der Waals surface area contributed by atoms with E-state index in [2.05, 4.69) is 19.9 Å². The second-order valence-electron chi connectivity index (χ2n) is 5.62. The van der Waals surface area contributed by atoms with Crippen LogP contribution in [-0.4, -0.2) is 44.8 Å². The highest BCUT2D eigenvalue weighted by Crippen LogP contribution is 2.19. The SMILES string of the molecule is CN=C(OC(=N)C(F)F)c1ccnc(-c2nccn2Cc2cncc(Cl)c2)c1. The summed E-state index contributed by atoms with van der Waals surface area (Å²) < 4.78 is 31.9. The molecule has 0 saturated carbocycles. The molecule has 3 aromatic rings. The number of rotatable bonds is 5. The first-order valence-electron chi connectivity index (χ1n) is 8.06. The number of hydrogen-bond donors (Lipinski definition) is 1. The molecule has 10 heteroatoms. The largest absolute Gasteiger partial charge is 0.419 e. The minimum absolute atomic E-state index is 0.105. The number of ether oxygens (including phenoxy) is 1. The Bertz CT molecular complexity index is 1020. The standard InChI is InChI=1S/C18H15ClF2N6O/c1-23-18(28-16(22)15(20)21)12-2-3-25-14(7-12)17-26-4-5-27(17)10-11-6-13(19)9-24-8-11/h2-9,15,22H,10H2,1H3. The van der Waals surface area contributed by atoms with Gasteiger partial charge in [0.25, 0.3) is 5.90 Å². The second-order valence-corrected chi connectivity index (χ2v) is 6.05. The van der Waals surface area contributed by atoms with Crippen LogP contribution in [0.15, 0.2) is 54.2 Å². The quantitative estimate of drug-likeness (QED) is 0.519. The van der Waals surface area contributed by atoms with Gasteiger partial charge in [-0.05, 0) is 23.8 Å². The molecule has 28 heavy (non-hydrogen) atoms. The van der Waals surface area contributed by atoms with E-state index < -0.39 is 12.3 Å². The van der Waals surface area contributed by atoms with Gasteiger partial charge in [0, 0.05) is 43.6 Å². The van der Waals surface area contributed by atoms with Crippen LogP contribution in [-0.2, 0) is 11.3 Å². The molecular formula is C18H15ClF2N6O. The predicted molar refractivity (Wildman–Crippen MR) is 101 cm³/mol. The Morgan fingerprint density at radius 2 is 2.11 bits per heavy atom. The first-order chi connectivity index (χ1) is 13.5. The molecule has 0 aliphatic carbocycles. The molecule has 0 spiro atoms. The van der Waals surface area contributed by atoms with Crippen molar-refractivity contribution < 1.29 is 13.5 Å². The molecule has 0 bridgehead atoms. The highest BCUT2D eigenvalue weighted by Gasteiger charge is 2.18. The van der Waals surface area contributed by atoms with Crippen molar-refractivity contribution >= 4 is 23.4 Å². The molecule has 3 rings (SSSR count). The number of alkyl halides is 2. The van der Waals surface area contributed by atoms with E-state index in [1.54, 1.807) is 43.0 Å². The summed E-state index contributed by atoms with van der Waals surface area (Å²) in [6.07, 6.45) is 5.12. The van der Waals surface area contributed by atoms with Crippen molar-refractivity contribution in [2.24, 2.45) is 4.99 Å². The van der Waals surface area contributed by atoms with Gasteiger partial charge in [-0.15, -0.1) is 0 Å². The van der Waals surface area contributed by atoms with Gasteiger partial charge >= 0.3 is 6.43 Å². The number of hydrogen-bond acceptors (Lipinski definition) is 6. The van der Waals surface area contributed by atoms with Crippen LogP contribution in [0.4, 0.5) is 8.78 Å². The zero-order valence-electron chi connectivity index (χ0n) is 14.7. The summed E-state index contributed by atoms with van der Waals surface area (Å²) in [6.45, 7) is 0.468. The smallest absolute Gasteiger partial charge is 0.312 e. The van der Waals surface area contributed by atoms with Crippen LogP contribution < -0.4 is 0 Å². The molecule has 0 atom stereocenters. The molecule has 0 amide bonds. The molecule has 0 fully saturated rings. The van der Waals surface area contributed by atoms with Crippen LogP contribution in [0.1, 0.15) is 11.1 Å². The average Bonchev–Trinajstić information content (AvgIpc) is 3.14. The molecular weight excluding hydrogens is 390 g/mol. The summed E-state index contributed by atoms with van der Waals surface area (Å²) in [7, 11) is 1.39. The predicted octanol–water partition coefficient (Wildman–Crippen LogP) is 3.68. The Morgan fingerprint density at radius 1 is 1.29 bits per heavy atom. The summed E-state index contributed by atoms with van der Waals surface area (Å²) in [5, 5.41) is 7.72. The maximum atomic E-state index is 12.6. The Kier molecular flexibility index (Phi) is 6.05. The molecule has 0 aliphatic heterocycles. The van der Waals surface area contributed by atoms with Gasteiger partial charge < -0.3 is 9.30 Å². The molecule has 0 radical (unpaired) electrons. The van der Waals surface area contributed by atoms with Gasteiger partial charge in [-0.3, -0.25) is 20.4 Å². The van der Waals surface area contributed by atoms with E-state index in [0.29, 0.717) is 28.6 Å². The summed E-state index contributed by atoms with van der Waals surface area (Å²) in [6, 6.07) is 4.96. The molecule has 0 unspecified atom stereocenters. The van der Waals surface area contributed by atoms with Crippen molar-refractivity contribution in [1.82, 2.24) is 19.5 Å². The maximum absolute atomic E-state index is 12.6. The third kappa shape index (κ3) is 4.55. The van der Waals surface area contributed by atoms with E-state index in [-0.39, 0.29) is 5.90 Å². The van der Waals surface area contributed by atoms with Crippen molar-refractivity contribution in [3.8, 4) is 11.5 Å². The monoisotopic (exact) mass is 404 g/mol. The number of pyridine rings is 2. The topological polar surface area (TPSA) is 89.0 Å². The maximum Gasteiger partial charge on any atom is 0.312 e. The van der Waals surface area contributed by atoms with Crippen LogP contribution in [0, 0.1) is 5.41 Å². The fourth-order valence-corrected chi connectivity index (χ4v) is 2.67. The summed E-state index contributed by atoms with van der Waals surface area (Å²) >= 11 is 5.98. The van der Waals surface area contributed by atoms with Crippen LogP contribution >= 0.6 is 11.6 Å². The number of nitrogens with one attached hydrogen (secondary N) is 1. The van der Waals surface area contributed by atoms with Crippen LogP contribution in [0.5, 0.6) is 0 Å². The van der Waals surface area contributed by atoms with Crippen molar-refractivity contribution in [3.63, 3.8) is 0 Å². The number of halogens is 3.